The van der Waals surface area contributed by atoms with Crippen LogP contribution in [0, 0.1) is 6.92 Å². The predicted molar refractivity (Wildman–Crippen MR) is 124 cm³/mol. The zero-order valence-corrected chi connectivity index (χ0v) is 19.2. The maximum Gasteiger partial charge on any atom is 0.324 e. The third kappa shape index (κ3) is 5.78. The number of anilines is 3. The summed E-state index contributed by atoms with van der Waals surface area (Å²) in [5, 5.41) is 9.40. The molecule has 4 rings (SSSR count). The molecule has 1 aliphatic heterocycles. The molecule has 3 aromatic rings. The summed E-state index contributed by atoms with van der Waals surface area (Å²) in [6.45, 7) is 10.8. The van der Waals surface area contributed by atoms with E-state index in [1.807, 2.05) is 39.8 Å². The second kappa shape index (κ2) is 9.45. The maximum absolute atomic E-state index is 12.4. The maximum atomic E-state index is 12.4. The van der Waals surface area contributed by atoms with Gasteiger partial charge in [0.05, 0.1) is 13.2 Å². The Morgan fingerprint density at radius 2 is 1.88 bits per heavy atom. The minimum Gasteiger partial charge on any atom is -0.439 e. The molecule has 1 fully saturated rings. The van der Waals surface area contributed by atoms with Crippen LogP contribution in [0.25, 0.3) is 0 Å². The minimum atomic E-state index is -0.411. The van der Waals surface area contributed by atoms with Gasteiger partial charge in [-0.25, -0.2) is 14.8 Å². The van der Waals surface area contributed by atoms with E-state index in [1.165, 1.54) is 6.33 Å². The van der Waals surface area contributed by atoms with Gasteiger partial charge in [-0.15, -0.1) is 0 Å². The molecular formula is C23H28N6O4. The van der Waals surface area contributed by atoms with E-state index in [-0.39, 0.29) is 5.41 Å². The molecule has 3 heterocycles. The van der Waals surface area contributed by atoms with Crippen molar-refractivity contribution >= 4 is 23.4 Å². The summed E-state index contributed by atoms with van der Waals surface area (Å²) < 4.78 is 16.6. The molecule has 0 unspecified atom stereocenters. The van der Waals surface area contributed by atoms with E-state index in [0.29, 0.717) is 42.1 Å². The first-order valence-corrected chi connectivity index (χ1v) is 10.8. The number of ether oxygens (including phenoxy) is 2. The van der Waals surface area contributed by atoms with Gasteiger partial charge in [0.15, 0.2) is 5.82 Å². The lowest BCUT2D eigenvalue weighted by atomic mass is 9.93. The number of hydrogen-bond donors (Lipinski definition) is 2. The van der Waals surface area contributed by atoms with E-state index in [4.69, 9.17) is 14.0 Å². The van der Waals surface area contributed by atoms with Crippen LogP contribution in [-0.2, 0) is 10.2 Å². The molecule has 1 aromatic carbocycles. The first-order valence-electron chi connectivity index (χ1n) is 10.8. The van der Waals surface area contributed by atoms with Crippen LogP contribution in [0.2, 0.25) is 0 Å². The fraction of sp³-hybridized carbons (Fsp3) is 0.391. The van der Waals surface area contributed by atoms with E-state index in [2.05, 4.69) is 30.7 Å². The SMILES string of the molecule is Cc1cc(Oc2cc(N3CCOCC3)ncn2)ccc1NC(=O)Nc1cc(C(C)(C)C)on1. The lowest BCUT2D eigenvalue weighted by Crippen LogP contribution is -2.36. The Morgan fingerprint density at radius 1 is 1.09 bits per heavy atom. The molecule has 1 aliphatic rings. The van der Waals surface area contributed by atoms with Crippen LogP contribution >= 0.6 is 0 Å². The van der Waals surface area contributed by atoms with Gasteiger partial charge in [-0.05, 0) is 30.7 Å². The van der Waals surface area contributed by atoms with Crippen LogP contribution in [-0.4, -0.2) is 47.5 Å². The topological polar surface area (TPSA) is 115 Å². The number of amides is 2. The zero-order valence-electron chi connectivity index (χ0n) is 19.2. The van der Waals surface area contributed by atoms with Crippen LogP contribution in [0.15, 0.2) is 41.2 Å². The number of morpholine rings is 1. The highest BCUT2D eigenvalue weighted by Crippen LogP contribution is 2.27. The lowest BCUT2D eigenvalue weighted by molar-refractivity contribution is 0.122. The Balaban J connectivity index is 1.38. The number of rotatable bonds is 5. The summed E-state index contributed by atoms with van der Waals surface area (Å²) in [4.78, 5) is 23.1. The molecule has 0 saturated carbocycles. The summed E-state index contributed by atoms with van der Waals surface area (Å²) in [5.74, 6) is 2.91. The molecule has 2 amide bonds. The Kier molecular flexibility index (Phi) is 6.45. The van der Waals surface area contributed by atoms with E-state index < -0.39 is 6.03 Å². The number of aryl methyl sites for hydroxylation is 1. The average Bonchev–Trinajstić information content (AvgIpc) is 3.25. The number of nitrogens with zero attached hydrogens (tertiary/aromatic N) is 4. The van der Waals surface area contributed by atoms with Crippen molar-refractivity contribution < 1.29 is 18.8 Å². The quantitative estimate of drug-likeness (QED) is 0.587. The van der Waals surface area contributed by atoms with Crippen LogP contribution in [0.5, 0.6) is 11.6 Å². The number of carbonyl (C=O) groups is 1. The van der Waals surface area contributed by atoms with E-state index in [0.717, 1.165) is 24.5 Å². The van der Waals surface area contributed by atoms with Crippen molar-refractivity contribution in [3.63, 3.8) is 0 Å². The fourth-order valence-corrected chi connectivity index (χ4v) is 3.27. The van der Waals surface area contributed by atoms with Crippen molar-refractivity contribution in [2.24, 2.45) is 0 Å². The van der Waals surface area contributed by atoms with Gasteiger partial charge in [0, 0.05) is 36.3 Å². The van der Waals surface area contributed by atoms with Gasteiger partial charge in [0.2, 0.25) is 5.88 Å². The fourth-order valence-electron chi connectivity index (χ4n) is 3.27. The molecule has 2 N–H and O–H groups in total. The van der Waals surface area contributed by atoms with Crippen LogP contribution in [0.4, 0.5) is 22.1 Å². The largest absolute Gasteiger partial charge is 0.439 e. The molecule has 33 heavy (non-hydrogen) atoms. The average molecular weight is 453 g/mol. The van der Waals surface area contributed by atoms with E-state index in [9.17, 15) is 4.79 Å². The molecule has 0 spiro atoms. The molecule has 0 radical (unpaired) electrons. The van der Waals surface area contributed by atoms with Gasteiger partial charge in [0.25, 0.3) is 0 Å². The first-order chi connectivity index (χ1) is 15.8. The monoisotopic (exact) mass is 452 g/mol. The van der Waals surface area contributed by atoms with E-state index in [1.54, 1.807) is 18.2 Å². The standard InChI is InChI=1S/C23H28N6O4/c1-15-11-16(32-21-13-20(24-14-25-21)29-7-9-31-10-8-29)5-6-17(15)26-22(30)27-19-12-18(33-28-19)23(2,3)4/h5-6,11-14H,7-10H2,1-4H3,(H2,26,27,28,30). The number of hydrogen-bond acceptors (Lipinski definition) is 8. The number of urea groups is 1. The summed E-state index contributed by atoms with van der Waals surface area (Å²) in [6, 6.07) is 8.50. The number of nitrogens with one attached hydrogen (secondary N) is 2. The zero-order chi connectivity index (χ0) is 23.4. The van der Waals surface area contributed by atoms with Crippen molar-refractivity contribution in [2.75, 3.05) is 41.8 Å². The highest BCUT2D eigenvalue weighted by Gasteiger charge is 2.20. The van der Waals surface area contributed by atoms with Crippen LogP contribution < -0.4 is 20.3 Å². The molecule has 2 aromatic heterocycles. The van der Waals surface area contributed by atoms with Crippen molar-refractivity contribution in [1.29, 1.82) is 0 Å². The molecule has 10 heteroatoms. The minimum absolute atomic E-state index is 0.192. The third-order valence-electron chi connectivity index (χ3n) is 5.12. The molecule has 1 saturated heterocycles. The van der Waals surface area contributed by atoms with Crippen LogP contribution in [0.3, 0.4) is 0 Å². The Morgan fingerprint density at radius 3 is 2.58 bits per heavy atom. The summed E-state index contributed by atoms with van der Waals surface area (Å²) >= 11 is 0. The molecule has 0 aliphatic carbocycles. The van der Waals surface area contributed by atoms with Gasteiger partial charge >= 0.3 is 6.03 Å². The number of carbonyl (C=O) groups excluding carboxylic acids is 1. The highest BCUT2D eigenvalue weighted by atomic mass is 16.5. The van der Waals surface area contributed by atoms with Crippen molar-refractivity contribution in [1.82, 2.24) is 15.1 Å². The van der Waals surface area contributed by atoms with Crippen molar-refractivity contribution in [3.05, 3.63) is 48.0 Å². The van der Waals surface area contributed by atoms with Gasteiger partial charge in [-0.2, -0.15) is 0 Å². The van der Waals surface area contributed by atoms with Gasteiger partial charge in [-0.1, -0.05) is 25.9 Å². The Bertz CT molecular complexity index is 1120. The Hall–Kier alpha value is -3.66. The second-order valence-electron chi connectivity index (χ2n) is 8.80. The van der Waals surface area contributed by atoms with Crippen molar-refractivity contribution in [2.45, 2.75) is 33.1 Å². The predicted octanol–water partition coefficient (Wildman–Crippen LogP) is 4.34. The normalized spacial score (nSPS) is 14.1. The van der Waals surface area contributed by atoms with E-state index >= 15 is 0 Å². The van der Waals surface area contributed by atoms with Crippen LogP contribution in [0.1, 0.15) is 32.1 Å². The molecule has 10 nitrogen and oxygen atoms in total. The Labute approximate surface area is 192 Å². The van der Waals surface area contributed by atoms with Gasteiger partial charge in [-0.3, -0.25) is 5.32 Å². The molecular weight excluding hydrogens is 424 g/mol. The summed E-state index contributed by atoms with van der Waals surface area (Å²) in [6.07, 6.45) is 1.49. The van der Waals surface area contributed by atoms with Gasteiger partial charge in [0.1, 0.15) is 23.7 Å². The number of benzene rings is 1. The molecule has 0 bridgehead atoms. The van der Waals surface area contributed by atoms with Crippen molar-refractivity contribution in [3.8, 4) is 11.6 Å². The molecule has 0 atom stereocenters. The van der Waals surface area contributed by atoms with Gasteiger partial charge < -0.3 is 24.2 Å². The highest BCUT2D eigenvalue weighted by molar-refractivity contribution is 5.99. The first kappa shape index (κ1) is 22.5. The lowest BCUT2D eigenvalue weighted by Gasteiger charge is -2.27. The smallest absolute Gasteiger partial charge is 0.324 e. The second-order valence-corrected chi connectivity index (χ2v) is 8.80. The third-order valence-corrected chi connectivity index (χ3v) is 5.12. The molecule has 174 valence electrons. The number of aromatic nitrogens is 3. The summed E-state index contributed by atoms with van der Waals surface area (Å²) in [5.41, 5.74) is 1.29. The summed E-state index contributed by atoms with van der Waals surface area (Å²) in [7, 11) is 0.